The molecule has 0 radical (unpaired) electrons. The van der Waals surface area contributed by atoms with Gasteiger partial charge in [-0.15, -0.1) is 0 Å². The van der Waals surface area contributed by atoms with Crippen molar-refractivity contribution < 1.29 is 9.53 Å². The van der Waals surface area contributed by atoms with Crippen LogP contribution in [0.2, 0.25) is 0 Å². The van der Waals surface area contributed by atoms with Gasteiger partial charge in [-0.3, -0.25) is 0 Å². The second-order valence-electron chi connectivity index (χ2n) is 5.09. The molecule has 0 aliphatic rings. The van der Waals surface area contributed by atoms with Crippen LogP contribution in [0.4, 0.5) is 0 Å². The van der Waals surface area contributed by atoms with Crippen LogP contribution < -0.4 is 0 Å². The summed E-state index contributed by atoms with van der Waals surface area (Å²) >= 11 is 0. The Balaban J connectivity index is 1.94. The Bertz CT molecular complexity index is 850. The van der Waals surface area contributed by atoms with E-state index in [1.165, 1.54) is 6.20 Å². The minimum atomic E-state index is -0.395. The lowest BCUT2D eigenvalue weighted by molar-refractivity contribution is 0.0526. The van der Waals surface area contributed by atoms with Gasteiger partial charge in [0.1, 0.15) is 0 Å². The molecular formula is C16H17N5O2. The van der Waals surface area contributed by atoms with Gasteiger partial charge < -0.3 is 4.74 Å². The van der Waals surface area contributed by atoms with Crippen molar-refractivity contribution in [2.24, 2.45) is 0 Å². The normalized spacial score (nSPS) is 10.7. The van der Waals surface area contributed by atoms with Crippen LogP contribution in [0.1, 0.15) is 28.7 Å². The minimum Gasteiger partial charge on any atom is -0.462 e. The molecule has 23 heavy (non-hydrogen) atoms. The molecule has 0 saturated carbocycles. The molecule has 7 nitrogen and oxygen atoms in total. The van der Waals surface area contributed by atoms with Crippen molar-refractivity contribution in [1.82, 2.24) is 24.5 Å². The van der Waals surface area contributed by atoms with Crippen LogP contribution in [-0.2, 0) is 4.74 Å². The first kappa shape index (κ1) is 15.0. The lowest BCUT2D eigenvalue weighted by Gasteiger charge is -2.06. The SMILES string of the molecule is CCOC(=O)c1cnn(-c2cccc(-n3nc(C)cc3C)n2)c1. The zero-order chi connectivity index (χ0) is 16.4. The van der Waals surface area contributed by atoms with Crippen molar-refractivity contribution >= 4 is 5.97 Å². The molecule has 118 valence electrons. The first-order valence-corrected chi connectivity index (χ1v) is 7.31. The fourth-order valence-electron chi connectivity index (χ4n) is 2.29. The summed E-state index contributed by atoms with van der Waals surface area (Å²) in [5.74, 6) is 0.903. The highest BCUT2D eigenvalue weighted by Crippen LogP contribution is 2.13. The number of rotatable bonds is 4. The lowest BCUT2D eigenvalue weighted by Crippen LogP contribution is -2.06. The van der Waals surface area contributed by atoms with Crippen LogP contribution in [-0.4, -0.2) is 37.1 Å². The van der Waals surface area contributed by atoms with E-state index >= 15 is 0 Å². The predicted molar refractivity (Wildman–Crippen MR) is 83.9 cm³/mol. The predicted octanol–water partition coefficient (Wildman–Crippen LogP) is 2.25. The zero-order valence-corrected chi connectivity index (χ0v) is 13.2. The molecular weight excluding hydrogens is 294 g/mol. The Kier molecular flexibility index (Phi) is 3.92. The molecule has 3 heterocycles. The van der Waals surface area contributed by atoms with E-state index < -0.39 is 5.97 Å². The Hall–Kier alpha value is -2.96. The van der Waals surface area contributed by atoms with E-state index in [4.69, 9.17) is 4.74 Å². The van der Waals surface area contributed by atoms with Gasteiger partial charge in [0.2, 0.25) is 0 Å². The number of aryl methyl sites for hydroxylation is 2. The molecule has 0 aromatic carbocycles. The van der Waals surface area contributed by atoms with Crippen LogP contribution in [0.25, 0.3) is 11.6 Å². The third-order valence-corrected chi connectivity index (χ3v) is 3.27. The summed E-state index contributed by atoms with van der Waals surface area (Å²) in [6, 6.07) is 7.55. The van der Waals surface area contributed by atoms with E-state index in [-0.39, 0.29) is 0 Å². The first-order chi connectivity index (χ1) is 11.1. The van der Waals surface area contributed by atoms with Gasteiger partial charge in [-0.2, -0.15) is 10.2 Å². The second kappa shape index (κ2) is 6.04. The van der Waals surface area contributed by atoms with E-state index in [2.05, 4.69) is 15.2 Å². The van der Waals surface area contributed by atoms with E-state index in [9.17, 15) is 4.79 Å². The topological polar surface area (TPSA) is 74.8 Å². The summed E-state index contributed by atoms with van der Waals surface area (Å²) in [6.45, 7) is 6.00. The number of nitrogens with zero attached hydrogens (tertiary/aromatic N) is 5. The first-order valence-electron chi connectivity index (χ1n) is 7.31. The van der Waals surface area contributed by atoms with Gasteiger partial charge in [0.15, 0.2) is 11.6 Å². The number of hydrogen-bond donors (Lipinski definition) is 0. The van der Waals surface area contributed by atoms with Crippen LogP contribution >= 0.6 is 0 Å². The third kappa shape index (κ3) is 2.98. The summed E-state index contributed by atoms with van der Waals surface area (Å²) in [5, 5.41) is 8.60. The highest BCUT2D eigenvalue weighted by Gasteiger charge is 2.12. The maximum absolute atomic E-state index is 11.7. The van der Waals surface area contributed by atoms with Crippen molar-refractivity contribution in [1.29, 1.82) is 0 Å². The fourth-order valence-corrected chi connectivity index (χ4v) is 2.29. The Morgan fingerprint density at radius 1 is 1.26 bits per heavy atom. The van der Waals surface area contributed by atoms with E-state index in [1.54, 1.807) is 22.5 Å². The molecule has 3 aromatic rings. The number of pyridine rings is 1. The average molecular weight is 311 g/mol. The van der Waals surface area contributed by atoms with Gasteiger partial charge in [0.05, 0.1) is 24.1 Å². The number of carbonyl (C=O) groups is 1. The van der Waals surface area contributed by atoms with Crippen molar-refractivity contribution in [2.75, 3.05) is 6.61 Å². The quantitative estimate of drug-likeness (QED) is 0.691. The molecule has 0 fully saturated rings. The number of carbonyl (C=O) groups excluding carboxylic acids is 1. The number of esters is 1. The van der Waals surface area contributed by atoms with Gasteiger partial charge in [-0.1, -0.05) is 6.07 Å². The highest BCUT2D eigenvalue weighted by atomic mass is 16.5. The molecule has 0 saturated heterocycles. The molecule has 0 aliphatic carbocycles. The van der Waals surface area contributed by atoms with Crippen LogP contribution in [0.5, 0.6) is 0 Å². The molecule has 0 atom stereocenters. The monoisotopic (exact) mass is 311 g/mol. The Morgan fingerprint density at radius 3 is 2.74 bits per heavy atom. The summed E-state index contributed by atoms with van der Waals surface area (Å²) in [5.41, 5.74) is 2.32. The lowest BCUT2D eigenvalue weighted by atomic mass is 10.4. The Labute approximate surface area is 133 Å². The summed E-state index contributed by atoms with van der Waals surface area (Å²) in [7, 11) is 0. The largest absolute Gasteiger partial charge is 0.462 e. The second-order valence-corrected chi connectivity index (χ2v) is 5.09. The molecule has 0 bridgehead atoms. The van der Waals surface area contributed by atoms with E-state index in [1.807, 2.05) is 38.1 Å². The van der Waals surface area contributed by atoms with Crippen molar-refractivity contribution in [3.8, 4) is 11.6 Å². The van der Waals surface area contributed by atoms with Crippen LogP contribution in [0, 0.1) is 13.8 Å². The highest BCUT2D eigenvalue weighted by molar-refractivity contribution is 5.88. The minimum absolute atomic E-state index is 0.329. The van der Waals surface area contributed by atoms with Crippen molar-refractivity contribution in [3.63, 3.8) is 0 Å². The van der Waals surface area contributed by atoms with Crippen molar-refractivity contribution in [3.05, 3.63) is 53.6 Å². The maximum atomic E-state index is 11.7. The standard InChI is InChI=1S/C16H17N5O2/c1-4-23-16(22)13-9-17-20(10-13)14-6-5-7-15(18-14)21-12(3)8-11(2)19-21/h5-10H,4H2,1-3H3. The van der Waals surface area contributed by atoms with Crippen LogP contribution in [0.3, 0.4) is 0 Å². The van der Waals surface area contributed by atoms with E-state index in [0.717, 1.165) is 11.4 Å². The molecule has 3 aromatic heterocycles. The molecule has 0 spiro atoms. The van der Waals surface area contributed by atoms with Crippen LogP contribution in [0.15, 0.2) is 36.7 Å². The average Bonchev–Trinajstić information content (AvgIpc) is 3.14. The Morgan fingerprint density at radius 2 is 2.04 bits per heavy atom. The molecule has 0 unspecified atom stereocenters. The van der Waals surface area contributed by atoms with Gasteiger partial charge in [-0.05, 0) is 39.0 Å². The molecule has 0 aliphatic heterocycles. The molecule has 3 rings (SSSR count). The third-order valence-electron chi connectivity index (χ3n) is 3.27. The summed E-state index contributed by atoms with van der Waals surface area (Å²) < 4.78 is 8.28. The van der Waals surface area contributed by atoms with Gasteiger partial charge in [0.25, 0.3) is 0 Å². The van der Waals surface area contributed by atoms with Gasteiger partial charge in [-0.25, -0.2) is 19.1 Å². The molecule has 0 amide bonds. The maximum Gasteiger partial charge on any atom is 0.341 e. The van der Waals surface area contributed by atoms with Crippen molar-refractivity contribution in [2.45, 2.75) is 20.8 Å². The van der Waals surface area contributed by atoms with Gasteiger partial charge in [0, 0.05) is 11.9 Å². The fraction of sp³-hybridized carbons (Fsp3) is 0.250. The molecule has 0 N–H and O–H groups in total. The number of hydrogen-bond acceptors (Lipinski definition) is 5. The number of ether oxygens (including phenoxy) is 1. The summed E-state index contributed by atoms with van der Waals surface area (Å²) in [6.07, 6.45) is 3.07. The molecule has 7 heteroatoms. The zero-order valence-electron chi connectivity index (χ0n) is 13.2. The summed E-state index contributed by atoms with van der Waals surface area (Å²) in [4.78, 5) is 16.3. The van der Waals surface area contributed by atoms with Gasteiger partial charge >= 0.3 is 5.97 Å². The number of aromatic nitrogens is 5. The van der Waals surface area contributed by atoms with E-state index in [0.29, 0.717) is 23.8 Å². The smallest absolute Gasteiger partial charge is 0.341 e.